The quantitative estimate of drug-likeness (QED) is 0.517. The number of aliphatic hydroxyl groups is 1. The zero-order chi connectivity index (χ0) is 19.8. The number of ether oxygens (including phenoxy) is 2. The highest BCUT2D eigenvalue weighted by molar-refractivity contribution is 7.21. The van der Waals surface area contributed by atoms with E-state index in [9.17, 15) is 4.39 Å². The van der Waals surface area contributed by atoms with Crippen molar-refractivity contribution >= 4 is 44.2 Å². The van der Waals surface area contributed by atoms with E-state index in [1.165, 1.54) is 18.4 Å². The van der Waals surface area contributed by atoms with Gasteiger partial charge in [-0.2, -0.15) is 0 Å². The summed E-state index contributed by atoms with van der Waals surface area (Å²) in [5.74, 6) is -0.289. The molecule has 0 aliphatic carbocycles. The van der Waals surface area contributed by atoms with Crippen LogP contribution in [0.5, 0.6) is 11.6 Å². The van der Waals surface area contributed by atoms with E-state index in [1.807, 2.05) is 19.1 Å². The van der Waals surface area contributed by atoms with Crippen molar-refractivity contribution in [3.8, 4) is 22.2 Å². The number of hydrogen-bond donors (Lipinski definition) is 1. The highest BCUT2D eigenvalue weighted by Gasteiger charge is 2.19. The topological polar surface area (TPSA) is 77.4 Å². The molecule has 28 heavy (non-hydrogen) atoms. The molecule has 4 aromatic rings. The van der Waals surface area contributed by atoms with Gasteiger partial charge in [0.2, 0.25) is 5.88 Å². The molecule has 0 aliphatic heterocycles. The molecule has 0 radical (unpaired) electrons. The van der Waals surface area contributed by atoms with Crippen LogP contribution in [-0.2, 0) is 0 Å². The normalized spacial score (nSPS) is 11.3. The monoisotopic (exact) mass is 419 g/mol. The van der Waals surface area contributed by atoms with Crippen LogP contribution in [0.2, 0.25) is 5.02 Å². The Bertz CT molecular complexity index is 1200. The molecule has 0 fully saturated rings. The summed E-state index contributed by atoms with van der Waals surface area (Å²) in [7, 11) is 1.53. The third-order valence-corrected chi connectivity index (χ3v) is 5.47. The van der Waals surface area contributed by atoms with Crippen molar-refractivity contribution in [2.24, 2.45) is 0 Å². The minimum absolute atomic E-state index is 0.0135. The third-order valence-electron chi connectivity index (χ3n) is 4.09. The first-order chi connectivity index (χ1) is 13.5. The highest BCUT2D eigenvalue weighted by Crippen LogP contribution is 2.40. The van der Waals surface area contributed by atoms with Crippen LogP contribution >= 0.6 is 22.9 Å². The lowest BCUT2D eigenvalue weighted by Crippen LogP contribution is -2.03. The molecule has 1 N–H and O–H groups in total. The first-order valence-electron chi connectivity index (χ1n) is 8.35. The van der Waals surface area contributed by atoms with E-state index in [4.69, 9.17) is 26.2 Å². The Labute approximate surface area is 168 Å². The van der Waals surface area contributed by atoms with Gasteiger partial charge in [0.15, 0.2) is 11.6 Å². The lowest BCUT2D eigenvalue weighted by atomic mass is 10.1. The Balaban J connectivity index is 1.91. The minimum atomic E-state index is -0.696. The minimum Gasteiger partial charge on any atom is -0.488 e. The molecule has 0 unspecified atom stereocenters. The van der Waals surface area contributed by atoms with Crippen LogP contribution in [0.3, 0.4) is 0 Å². The molecule has 6 nitrogen and oxygen atoms in total. The van der Waals surface area contributed by atoms with Gasteiger partial charge in [0.25, 0.3) is 0 Å². The van der Waals surface area contributed by atoms with E-state index in [0.29, 0.717) is 32.1 Å². The van der Waals surface area contributed by atoms with Gasteiger partial charge in [-0.25, -0.2) is 19.3 Å². The molecule has 0 spiro atoms. The lowest BCUT2D eigenvalue weighted by molar-refractivity contribution is 0.196. The fourth-order valence-corrected chi connectivity index (χ4v) is 4.18. The Hall–Kier alpha value is -2.55. The van der Waals surface area contributed by atoms with Crippen LogP contribution < -0.4 is 9.47 Å². The van der Waals surface area contributed by atoms with Crippen LogP contribution in [-0.4, -0.2) is 40.4 Å². The second-order valence-electron chi connectivity index (χ2n) is 6.03. The maximum absolute atomic E-state index is 14.5. The molecule has 2 aromatic heterocycles. The van der Waals surface area contributed by atoms with Crippen LogP contribution in [0, 0.1) is 12.7 Å². The van der Waals surface area contributed by atoms with E-state index in [0.717, 1.165) is 11.1 Å². The van der Waals surface area contributed by atoms with E-state index in [-0.39, 0.29) is 24.0 Å². The van der Waals surface area contributed by atoms with E-state index >= 15 is 0 Å². The van der Waals surface area contributed by atoms with Crippen LogP contribution in [0.1, 0.15) is 5.56 Å². The number of rotatable bonds is 5. The number of aliphatic hydroxyl groups excluding tert-OH is 1. The predicted molar refractivity (Wildman–Crippen MR) is 107 cm³/mol. The zero-order valence-corrected chi connectivity index (χ0v) is 16.6. The Morgan fingerprint density at radius 2 is 2.04 bits per heavy atom. The summed E-state index contributed by atoms with van der Waals surface area (Å²) < 4.78 is 25.5. The molecule has 2 aromatic carbocycles. The van der Waals surface area contributed by atoms with Gasteiger partial charge in [0.1, 0.15) is 22.2 Å². The summed E-state index contributed by atoms with van der Waals surface area (Å²) in [6.07, 6.45) is 1.54. The van der Waals surface area contributed by atoms with Gasteiger partial charge in [-0.1, -0.05) is 11.6 Å². The number of thiazole rings is 1. The number of methoxy groups -OCH3 is 1. The van der Waals surface area contributed by atoms with Crippen molar-refractivity contribution < 1.29 is 19.0 Å². The largest absolute Gasteiger partial charge is 0.488 e. The van der Waals surface area contributed by atoms with Crippen molar-refractivity contribution in [3.05, 3.63) is 40.8 Å². The SMILES string of the molecule is COc1cnc2c(-c3nc4c(Cl)c(F)c(OCCO)cc4s3)cc(C)cc2n1. The summed E-state index contributed by atoms with van der Waals surface area (Å²) in [6.45, 7) is 1.70. The van der Waals surface area contributed by atoms with Gasteiger partial charge >= 0.3 is 0 Å². The summed E-state index contributed by atoms with van der Waals surface area (Å²) in [5, 5.41) is 9.43. The van der Waals surface area contributed by atoms with Gasteiger partial charge in [0.05, 0.1) is 35.6 Å². The van der Waals surface area contributed by atoms with Gasteiger partial charge in [-0.05, 0) is 24.6 Å². The highest BCUT2D eigenvalue weighted by atomic mass is 35.5. The predicted octanol–water partition coefficient (Wildman–Crippen LogP) is 4.39. The van der Waals surface area contributed by atoms with Crippen molar-refractivity contribution in [2.75, 3.05) is 20.3 Å². The fourth-order valence-electron chi connectivity index (χ4n) is 2.87. The first-order valence-corrected chi connectivity index (χ1v) is 9.55. The van der Waals surface area contributed by atoms with Crippen LogP contribution in [0.25, 0.3) is 31.8 Å². The Morgan fingerprint density at radius 1 is 1.21 bits per heavy atom. The number of nitrogens with zero attached hydrogens (tertiary/aromatic N) is 3. The molecule has 2 heterocycles. The zero-order valence-electron chi connectivity index (χ0n) is 15.0. The standard InChI is InChI=1S/C19H15ClFN3O3S/c1-9-5-10(17-11(6-9)23-14(26-2)8-22-17)19-24-18-13(28-19)7-12(27-4-3-25)16(21)15(18)20/h5-8,25H,3-4H2,1-2H3. The molecule has 144 valence electrons. The summed E-state index contributed by atoms with van der Waals surface area (Å²) in [4.78, 5) is 13.4. The molecule has 0 aliphatic rings. The smallest absolute Gasteiger partial charge is 0.232 e. The maximum Gasteiger partial charge on any atom is 0.232 e. The second kappa shape index (κ2) is 7.46. The van der Waals surface area contributed by atoms with Gasteiger partial charge in [-0.3, -0.25) is 0 Å². The number of benzene rings is 2. The van der Waals surface area contributed by atoms with Gasteiger partial charge in [0, 0.05) is 11.6 Å². The second-order valence-corrected chi connectivity index (χ2v) is 7.44. The number of hydrogen-bond acceptors (Lipinski definition) is 7. The number of aryl methyl sites for hydroxylation is 1. The Kier molecular flexibility index (Phi) is 5.01. The summed E-state index contributed by atoms with van der Waals surface area (Å²) in [6, 6.07) is 5.41. The Morgan fingerprint density at radius 3 is 2.79 bits per heavy atom. The molecule has 0 saturated heterocycles. The number of fused-ring (bicyclic) bond motifs is 2. The van der Waals surface area contributed by atoms with Crippen LogP contribution in [0.15, 0.2) is 24.4 Å². The lowest BCUT2D eigenvalue weighted by Gasteiger charge is -2.06. The maximum atomic E-state index is 14.5. The molecule has 0 atom stereocenters. The van der Waals surface area contributed by atoms with Gasteiger partial charge in [-0.15, -0.1) is 11.3 Å². The summed E-state index contributed by atoms with van der Waals surface area (Å²) in [5.41, 5.74) is 3.46. The number of aromatic nitrogens is 3. The summed E-state index contributed by atoms with van der Waals surface area (Å²) >= 11 is 7.53. The van der Waals surface area contributed by atoms with E-state index in [1.54, 1.807) is 12.3 Å². The molecule has 0 amide bonds. The number of halogens is 2. The molecular formula is C19H15ClFN3O3S. The van der Waals surface area contributed by atoms with E-state index in [2.05, 4.69) is 15.0 Å². The average Bonchev–Trinajstić information content (AvgIpc) is 3.12. The van der Waals surface area contributed by atoms with Crippen molar-refractivity contribution in [1.29, 1.82) is 0 Å². The third kappa shape index (κ3) is 3.23. The first kappa shape index (κ1) is 18.8. The van der Waals surface area contributed by atoms with Gasteiger partial charge < -0.3 is 14.6 Å². The molecule has 0 saturated carbocycles. The molecular weight excluding hydrogens is 405 g/mol. The average molecular weight is 420 g/mol. The van der Waals surface area contributed by atoms with E-state index < -0.39 is 5.82 Å². The fraction of sp³-hybridized carbons (Fsp3) is 0.211. The molecule has 4 rings (SSSR count). The molecule has 0 bridgehead atoms. The van der Waals surface area contributed by atoms with Crippen molar-refractivity contribution in [2.45, 2.75) is 6.92 Å². The van der Waals surface area contributed by atoms with Crippen molar-refractivity contribution in [3.63, 3.8) is 0 Å². The molecule has 9 heteroatoms. The van der Waals surface area contributed by atoms with Crippen molar-refractivity contribution in [1.82, 2.24) is 15.0 Å². The van der Waals surface area contributed by atoms with Crippen LogP contribution in [0.4, 0.5) is 4.39 Å².